The normalized spacial score (nSPS) is 26.7. The number of carbonyl (C=O) groups excluding carboxylic acids is 1. The summed E-state index contributed by atoms with van der Waals surface area (Å²) in [4.78, 5) is 11.0. The molecular weight excluding hydrogens is 252 g/mol. The molecule has 2 rings (SSSR count). The summed E-state index contributed by atoms with van der Waals surface area (Å²) in [6.45, 7) is 1.61. The molecule has 1 saturated carbocycles. The molecule has 1 aromatic carbocycles. The first kappa shape index (κ1) is 13.1. The lowest BCUT2D eigenvalue weighted by molar-refractivity contribution is -0.108. The average molecular weight is 268 g/mol. The van der Waals surface area contributed by atoms with Crippen LogP contribution in [-0.2, 0) is 14.6 Å². The summed E-state index contributed by atoms with van der Waals surface area (Å²) in [6, 6.07) is 7.21. The van der Waals surface area contributed by atoms with Crippen molar-refractivity contribution in [3.63, 3.8) is 0 Å². The van der Waals surface area contributed by atoms with Crippen molar-refractivity contribution in [1.82, 2.24) is 0 Å². The minimum absolute atomic E-state index is 0.0780. The molecule has 0 aromatic heterocycles. The number of sulfone groups is 1. The van der Waals surface area contributed by atoms with Crippen molar-refractivity contribution in [2.45, 2.75) is 18.1 Å². The van der Waals surface area contributed by atoms with Gasteiger partial charge in [0.05, 0.1) is 12.4 Å². The topological polar surface area (TPSA) is 60.4 Å². The number of aldehydes is 1. The van der Waals surface area contributed by atoms with Gasteiger partial charge in [0.1, 0.15) is 12.0 Å². The molecule has 5 heteroatoms. The van der Waals surface area contributed by atoms with E-state index in [1.54, 1.807) is 26.2 Å². The standard InChI is InChI=1S/C13H16O4S/c1-3-18(15,16)13-11(8-14)12(13)9-4-6-10(17-2)7-5-9/h4-8,11-13H,3H2,1-2H3/t11-,12+,13+/m0/s1. The molecule has 0 unspecified atom stereocenters. The fourth-order valence-electron chi connectivity index (χ4n) is 2.36. The van der Waals surface area contributed by atoms with E-state index in [1.807, 2.05) is 12.1 Å². The van der Waals surface area contributed by atoms with Crippen molar-refractivity contribution in [3.05, 3.63) is 29.8 Å². The molecule has 1 aliphatic carbocycles. The first-order valence-corrected chi connectivity index (χ1v) is 7.57. The molecule has 0 saturated heterocycles. The number of benzene rings is 1. The van der Waals surface area contributed by atoms with Crippen LogP contribution in [0.15, 0.2) is 24.3 Å². The van der Waals surface area contributed by atoms with E-state index in [0.29, 0.717) is 0 Å². The van der Waals surface area contributed by atoms with Crippen LogP contribution in [0.25, 0.3) is 0 Å². The van der Waals surface area contributed by atoms with Crippen molar-refractivity contribution in [2.24, 2.45) is 5.92 Å². The van der Waals surface area contributed by atoms with Gasteiger partial charge >= 0.3 is 0 Å². The van der Waals surface area contributed by atoms with Crippen LogP contribution in [0.3, 0.4) is 0 Å². The zero-order valence-corrected chi connectivity index (χ0v) is 11.2. The summed E-state index contributed by atoms with van der Waals surface area (Å²) >= 11 is 0. The molecule has 0 spiro atoms. The molecule has 3 atom stereocenters. The highest BCUT2D eigenvalue weighted by Gasteiger charge is 2.57. The second-order valence-electron chi connectivity index (χ2n) is 4.43. The predicted octanol–water partition coefficient (Wildman–Crippen LogP) is 1.41. The summed E-state index contributed by atoms with van der Waals surface area (Å²) in [6.07, 6.45) is 0.757. The third-order valence-electron chi connectivity index (χ3n) is 3.48. The molecule has 18 heavy (non-hydrogen) atoms. The third kappa shape index (κ3) is 2.14. The highest BCUT2D eigenvalue weighted by atomic mass is 32.2. The average Bonchev–Trinajstić information content (AvgIpc) is 3.14. The van der Waals surface area contributed by atoms with Crippen molar-refractivity contribution in [2.75, 3.05) is 12.9 Å². The smallest absolute Gasteiger partial charge is 0.154 e. The third-order valence-corrected chi connectivity index (χ3v) is 5.72. The van der Waals surface area contributed by atoms with Crippen LogP contribution in [0.2, 0.25) is 0 Å². The molecule has 1 fully saturated rings. The molecule has 98 valence electrons. The molecule has 1 aliphatic rings. The van der Waals surface area contributed by atoms with E-state index >= 15 is 0 Å². The number of rotatable bonds is 5. The summed E-state index contributed by atoms with van der Waals surface area (Å²) < 4.78 is 28.8. The Hall–Kier alpha value is -1.36. The Kier molecular flexibility index (Phi) is 3.43. The van der Waals surface area contributed by atoms with Gasteiger partial charge in [-0.25, -0.2) is 8.42 Å². The van der Waals surface area contributed by atoms with E-state index in [0.717, 1.165) is 17.6 Å². The van der Waals surface area contributed by atoms with Crippen LogP contribution in [0.1, 0.15) is 18.4 Å². The molecule has 4 nitrogen and oxygen atoms in total. The Labute approximate surface area is 107 Å². The van der Waals surface area contributed by atoms with Crippen molar-refractivity contribution in [3.8, 4) is 5.75 Å². The lowest BCUT2D eigenvalue weighted by Crippen LogP contribution is -2.12. The van der Waals surface area contributed by atoms with Gasteiger partial charge in [0.25, 0.3) is 0 Å². The van der Waals surface area contributed by atoms with Crippen LogP contribution in [0.4, 0.5) is 0 Å². The minimum Gasteiger partial charge on any atom is -0.497 e. The summed E-state index contributed by atoms with van der Waals surface area (Å²) in [5.74, 6) is 0.202. The van der Waals surface area contributed by atoms with E-state index in [9.17, 15) is 13.2 Å². The molecular formula is C13H16O4S. The fourth-order valence-corrected chi connectivity index (χ4v) is 4.15. The quantitative estimate of drug-likeness (QED) is 0.758. The summed E-state index contributed by atoms with van der Waals surface area (Å²) in [5.41, 5.74) is 0.884. The van der Waals surface area contributed by atoms with E-state index in [2.05, 4.69) is 0 Å². The van der Waals surface area contributed by atoms with Gasteiger partial charge in [-0.2, -0.15) is 0 Å². The first-order valence-electron chi connectivity index (χ1n) is 5.86. The second-order valence-corrected chi connectivity index (χ2v) is 6.88. The number of ether oxygens (including phenoxy) is 1. The zero-order chi connectivity index (χ0) is 13.3. The van der Waals surface area contributed by atoms with Crippen molar-refractivity contribution in [1.29, 1.82) is 0 Å². The Morgan fingerprint density at radius 1 is 1.28 bits per heavy atom. The monoisotopic (exact) mass is 268 g/mol. The highest BCUT2D eigenvalue weighted by Crippen LogP contribution is 2.51. The maximum Gasteiger partial charge on any atom is 0.154 e. The van der Waals surface area contributed by atoms with Gasteiger partial charge in [-0.1, -0.05) is 19.1 Å². The van der Waals surface area contributed by atoms with Gasteiger partial charge in [0, 0.05) is 17.6 Å². The lowest BCUT2D eigenvalue weighted by atomic mass is 10.1. The van der Waals surface area contributed by atoms with Gasteiger partial charge in [0.15, 0.2) is 9.84 Å². The van der Waals surface area contributed by atoms with Gasteiger partial charge in [0.2, 0.25) is 0 Å². The molecule has 0 bridgehead atoms. The fraction of sp³-hybridized carbons (Fsp3) is 0.462. The number of carbonyl (C=O) groups is 1. The largest absolute Gasteiger partial charge is 0.497 e. The van der Waals surface area contributed by atoms with Gasteiger partial charge < -0.3 is 9.53 Å². The predicted molar refractivity (Wildman–Crippen MR) is 68.5 cm³/mol. The molecule has 0 radical (unpaired) electrons. The summed E-state index contributed by atoms with van der Waals surface area (Å²) in [7, 11) is -1.59. The SMILES string of the molecule is CCS(=O)(=O)[C@@H]1[C@@H](C=O)[C@H]1c1ccc(OC)cc1. The van der Waals surface area contributed by atoms with Gasteiger partial charge in [-0.3, -0.25) is 0 Å². The van der Waals surface area contributed by atoms with Gasteiger partial charge in [-0.05, 0) is 17.7 Å². The van der Waals surface area contributed by atoms with Crippen molar-refractivity contribution < 1.29 is 17.9 Å². The van der Waals surface area contributed by atoms with Crippen LogP contribution < -0.4 is 4.74 Å². The van der Waals surface area contributed by atoms with Crippen LogP contribution in [0, 0.1) is 5.92 Å². The zero-order valence-electron chi connectivity index (χ0n) is 10.4. The van der Waals surface area contributed by atoms with E-state index in [1.165, 1.54) is 0 Å². The molecule has 0 aliphatic heterocycles. The van der Waals surface area contributed by atoms with Crippen molar-refractivity contribution >= 4 is 16.1 Å². The molecule has 0 heterocycles. The summed E-state index contributed by atoms with van der Waals surface area (Å²) in [5, 5.41) is -0.548. The van der Waals surface area contributed by atoms with Gasteiger partial charge in [-0.15, -0.1) is 0 Å². The number of hydrogen-bond donors (Lipinski definition) is 0. The Bertz CT molecular complexity index is 533. The van der Waals surface area contributed by atoms with Crippen LogP contribution in [-0.4, -0.2) is 32.8 Å². The second kappa shape index (κ2) is 4.72. The Balaban J connectivity index is 2.26. The minimum atomic E-state index is -3.16. The van der Waals surface area contributed by atoms with E-state index in [4.69, 9.17) is 4.74 Å². The number of methoxy groups -OCH3 is 1. The van der Waals surface area contributed by atoms with E-state index < -0.39 is 21.0 Å². The Morgan fingerprint density at radius 3 is 2.33 bits per heavy atom. The first-order chi connectivity index (χ1) is 8.55. The maximum atomic E-state index is 11.9. The highest BCUT2D eigenvalue weighted by molar-refractivity contribution is 7.92. The molecule has 0 amide bonds. The maximum absolute atomic E-state index is 11.9. The molecule has 0 N–H and O–H groups in total. The molecule has 1 aromatic rings. The van der Waals surface area contributed by atoms with Crippen LogP contribution in [0.5, 0.6) is 5.75 Å². The van der Waals surface area contributed by atoms with E-state index in [-0.39, 0.29) is 11.7 Å². The van der Waals surface area contributed by atoms with Crippen LogP contribution >= 0.6 is 0 Å². The lowest BCUT2D eigenvalue weighted by Gasteiger charge is -2.03. The number of hydrogen-bond acceptors (Lipinski definition) is 4. The Morgan fingerprint density at radius 2 is 1.89 bits per heavy atom.